The first-order chi connectivity index (χ1) is 4.39. The molecule has 0 aromatic rings. The van der Waals surface area contributed by atoms with Gasteiger partial charge in [-0.2, -0.15) is 13.2 Å². The van der Waals surface area contributed by atoms with Crippen LogP contribution in [0.3, 0.4) is 0 Å². The van der Waals surface area contributed by atoms with Gasteiger partial charge >= 0.3 is 6.18 Å². The summed E-state index contributed by atoms with van der Waals surface area (Å²) in [4.78, 5) is 0. The predicted octanol–water partition coefficient (Wildman–Crippen LogP) is 0.944. The van der Waals surface area contributed by atoms with Crippen molar-refractivity contribution >= 4 is 0 Å². The van der Waals surface area contributed by atoms with Crippen LogP contribution >= 0.6 is 0 Å². The van der Waals surface area contributed by atoms with Crippen LogP contribution in [0.5, 0.6) is 0 Å². The van der Waals surface area contributed by atoms with E-state index in [0.29, 0.717) is 0 Å². The number of methoxy groups -OCH3 is 1. The number of halogens is 3. The van der Waals surface area contributed by atoms with E-state index in [2.05, 4.69) is 4.74 Å². The third-order valence-electron chi connectivity index (χ3n) is 1.15. The van der Waals surface area contributed by atoms with Gasteiger partial charge in [-0.1, -0.05) is 0 Å². The lowest BCUT2D eigenvalue weighted by Crippen LogP contribution is -2.38. The quantitative estimate of drug-likeness (QED) is 0.648. The summed E-state index contributed by atoms with van der Waals surface area (Å²) in [6.07, 6.45) is -8.19. The SMILES string of the molecule is CO[C@@H](C)[C@@H](O)C(F)(F)F. The van der Waals surface area contributed by atoms with Gasteiger partial charge in [0.05, 0.1) is 6.10 Å². The maximum absolute atomic E-state index is 11.6. The van der Waals surface area contributed by atoms with E-state index in [1.165, 1.54) is 0 Å². The van der Waals surface area contributed by atoms with E-state index in [9.17, 15) is 13.2 Å². The van der Waals surface area contributed by atoms with Gasteiger partial charge in [0.2, 0.25) is 0 Å². The second kappa shape index (κ2) is 3.21. The Bertz CT molecular complexity index is 102. The first kappa shape index (κ1) is 9.71. The van der Waals surface area contributed by atoms with Gasteiger partial charge in [0.1, 0.15) is 0 Å². The molecule has 0 aliphatic heterocycles. The Kier molecular flexibility index (Phi) is 3.11. The molecule has 62 valence electrons. The summed E-state index contributed by atoms with van der Waals surface area (Å²) < 4.78 is 38.9. The van der Waals surface area contributed by atoms with E-state index in [0.717, 1.165) is 14.0 Å². The minimum Gasteiger partial charge on any atom is -0.381 e. The van der Waals surface area contributed by atoms with E-state index < -0.39 is 18.4 Å². The summed E-state index contributed by atoms with van der Waals surface area (Å²) in [5.41, 5.74) is 0. The number of hydrogen-bond acceptors (Lipinski definition) is 2. The second-order valence-corrected chi connectivity index (χ2v) is 1.93. The molecule has 1 N–H and O–H groups in total. The minimum absolute atomic E-state index is 1.11. The number of ether oxygens (including phenoxy) is 1. The van der Waals surface area contributed by atoms with E-state index >= 15 is 0 Å². The van der Waals surface area contributed by atoms with E-state index in [-0.39, 0.29) is 0 Å². The van der Waals surface area contributed by atoms with Crippen LogP contribution in [-0.2, 0) is 4.74 Å². The summed E-state index contributed by atoms with van der Waals surface area (Å²) in [5.74, 6) is 0. The number of rotatable bonds is 2. The monoisotopic (exact) mass is 158 g/mol. The molecule has 0 saturated heterocycles. The lowest BCUT2D eigenvalue weighted by atomic mass is 10.2. The normalized spacial score (nSPS) is 18.6. The summed E-state index contributed by atoms with van der Waals surface area (Å²) >= 11 is 0. The molecule has 0 saturated carbocycles. The van der Waals surface area contributed by atoms with E-state index in [1.54, 1.807) is 0 Å². The third kappa shape index (κ3) is 2.53. The lowest BCUT2D eigenvalue weighted by molar-refractivity contribution is -0.230. The van der Waals surface area contributed by atoms with Crippen molar-refractivity contribution < 1.29 is 23.0 Å². The lowest BCUT2D eigenvalue weighted by Gasteiger charge is -2.19. The number of hydrogen-bond donors (Lipinski definition) is 1. The highest BCUT2D eigenvalue weighted by molar-refractivity contribution is 4.71. The van der Waals surface area contributed by atoms with Crippen molar-refractivity contribution in [3.63, 3.8) is 0 Å². The molecular weight excluding hydrogens is 149 g/mol. The van der Waals surface area contributed by atoms with Crippen LogP contribution in [0.25, 0.3) is 0 Å². The standard InChI is InChI=1S/C5H9F3O2/c1-3(10-2)4(9)5(6,7)8/h3-4,9H,1-2H3/t3-,4+/m0/s1. The summed E-state index contributed by atoms with van der Waals surface area (Å²) in [5, 5.41) is 8.40. The maximum Gasteiger partial charge on any atom is 0.416 e. The van der Waals surface area contributed by atoms with Crippen molar-refractivity contribution in [2.45, 2.75) is 25.3 Å². The maximum atomic E-state index is 11.6. The summed E-state index contributed by atoms with van der Waals surface area (Å²) in [6.45, 7) is 1.15. The third-order valence-corrected chi connectivity index (χ3v) is 1.15. The molecule has 0 rings (SSSR count). The predicted molar refractivity (Wildman–Crippen MR) is 28.5 cm³/mol. The molecule has 0 radical (unpaired) electrons. The Labute approximate surface area is 56.6 Å². The van der Waals surface area contributed by atoms with Gasteiger partial charge in [-0.05, 0) is 6.92 Å². The molecule has 0 unspecified atom stereocenters. The Morgan fingerprint density at radius 2 is 1.80 bits per heavy atom. The van der Waals surface area contributed by atoms with Crippen LogP contribution < -0.4 is 0 Å². The fraction of sp³-hybridized carbons (Fsp3) is 1.00. The molecule has 0 aliphatic carbocycles. The smallest absolute Gasteiger partial charge is 0.381 e. The molecule has 10 heavy (non-hydrogen) atoms. The van der Waals surface area contributed by atoms with Crippen molar-refractivity contribution in [3.05, 3.63) is 0 Å². The van der Waals surface area contributed by atoms with E-state index in [1.807, 2.05) is 0 Å². The zero-order valence-corrected chi connectivity index (χ0v) is 5.64. The molecule has 0 heterocycles. The van der Waals surface area contributed by atoms with Gasteiger partial charge in [0.25, 0.3) is 0 Å². The van der Waals surface area contributed by atoms with Crippen LogP contribution in [0.4, 0.5) is 13.2 Å². The first-order valence-electron chi connectivity index (χ1n) is 2.67. The largest absolute Gasteiger partial charge is 0.416 e. The Morgan fingerprint density at radius 1 is 1.40 bits per heavy atom. The zero-order chi connectivity index (χ0) is 8.36. The van der Waals surface area contributed by atoms with Gasteiger partial charge in [0, 0.05) is 7.11 Å². The zero-order valence-electron chi connectivity index (χ0n) is 5.64. The molecule has 2 atom stereocenters. The van der Waals surface area contributed by atoms with Crippen molar-refractivity contribution in [1.29, 1.82) is 0 Å². The Hall–Kier alpha value is -0.290. The van der Waals surface area contributed by atoms with E-state index in [4.69, 9.17) is 5.11 Å². The van der Waals surface area contributed by atoms with Crippen LogP contribution in [0.1, 0.15) is 6.92 Å². The number of alkyl halides is 3. The molecule has 0 fully saturated rings. The molecule has 0 amide bonds. The molecule has 0 aromatic carbocycles. The van der Waals surface area contributed by atoms with Crippen LogP contribution in [-0.4, -0.2) is 30.6 Å². The Morgan fingerprint density at radius 3 is 1.90 bits per heavy atom. The summed E-state index contributed by atoms with van der Waals surface area (Å²) in [6, 6.07) is 0. The molecule has 2 nitrogen and oxygen atoms in total. The van der Waals surface area contributed by atoms with Crippen molar-refractivity contribution in [2.75, 3.05) is 7.11 Å². The molecule has 0 spiro atoms. The van der Waals surface area contributed by atoms with Crippen molar-refractivity contribution in [1.82, 2.24) is 0 Å². The Balaban J connectivity index is 3.94. The molecule has 0 aromatic heterocycles. The van der Waals surface area contributed by atoms with Gasteiger partial charge in [-0.15, -0.1) is 0 Å². The molecule has 0 aliphatic rings. The number of aliphatic hydroxyl groups excluding tert-OH is 1. The van der Waals surface area contributed by atoms with Crippen molar-refractivity contribution in [2.24, 2.45) is 0 Å². The number of aliphatic hydroxyl groups is 1. The fourth-order valence-corrected chi connectivity index (χ4v) is 0.395. The minimum atomic E-state index is -4.59. The van der Waals surface area contributed by atoms with Gasteiger partial charge in [-0.3, -0.25) is 0 Å². The molecule has 0 bridgehead atoms. The topological polar surface area (TPSA) is 29.5 Å². The summed E-state index contributed by atoms with van der Waals surface area (Å²) in [7, 11) is 1.11. The van der Waals surface area contributed by atoms with Crippen LogP contribution in [0, 0.1) is 0 Å². The average molecular weight is 158 g/mol. The highest BCUT2D eigenvalue weighted by atomic mass is 19.4. The fourth-order valence-electron chi connectivity index (χ4n) is 0.395. The van der Waals surface area contributed by atoms with Crippen LogP contribution in [0.15, 0.2) is 0 Å². The molecule has 5 heteroatoms. The highest BCUT2D eigenvalue weighted by Gasteiger charge is 2.41. The first-order valence-corrected chi connectivity index (χ1v) is 2.67. The van der Waals surface area contributed by atoms with Crippen molar-refractivity contribution in [3.8, 4) is 0 Å². The average Bonchev–Trinajstić information content (AvgIpc) is 1.83. The van der Waals surface area contributed by atoms with Gasteiger partial charge in [-0.25, -0.2) is 0 Å². The second-order valence-electron chi connectivity index (χ2n) is 1.93. The van der Waals surface area contributed by atoms with Gasteiger partial charge < -0.3 is 9.84 Å². The highest BCUT2D eigenvalue weighted by Crippen LogP contribution is 2.23. The van der Waals surface area contributed by atoms with Crippen LogP contribution in [0.2, 0.25) is 0 Å². The van der Waals surface area contributed by atoms with Gasteiger partial charge in [0.15, 0.2) is 6.10 Å². The molecular formula is C5H9F3O2.